The van der Waals surface area contributed by atoms with Gasteiger partial charge in [0.1, 0.15) is 5.01 Å². The van der Waals surface area contributed by atoms with Gasteiger partial charge in [-0.3, -0.25) is 4.79 Å². The van der Waals surface area contributed by atoms with Crippen LogP contribution in [-0.2, 0) is 0 Å². The lowest BCUT2D eigenvalue weighted by Gasteiger charge is -2.11. The van der Waals surface area contributed by atoms with Crippen LogP contribution in [0, 0.1) is 13.8 Å². The van der Waals surface area contributed by atoms with Gasteiger partial charge in [-0.05, 0) is 67.9 Å². The molecule has 4 aromatic carbocycles. The average molecular weight is 486 g/mol. The van der Waals surface area contributed by atoms with Crippen LogP contribution in [0.2, 0.25) is 0 Å². The van der Waals surface area contributed by atoms with Gasteiger partial charge in [-0.25, -0.2) is 9.97 Å². The van der Waals surface area contributed by atoms with Crippen molar-refractivity contribution in [1.82, 2.24) is 9.97 Å². The molecule has 0 aliphatic rings. The van der Waals surface area contributed by atoms with E-state index in [1.54, 1.807) is 11.3 Å². The molecule has 0 radical (unpaired) electrons. The summed E-state index contributed by atoms with van der Waals surface area (Å²) in [5.74, 6) is -0.162. The molecule has 174 valence electrons. The predicted octanol–water partition coefficient (Wildman–Crippen LogP) is 8.05. The summed E-state index contributed by atoms with van der Waals surface area (Å²) in [6.07, 6.45) is 0. The van der Waals surface area contributed by atoms with Crippen molar-refractivity contribution < 1.29 is 4.79 Å². The van der Waals surface area contributed by atoms with E-state index >= 15 is 0 Å². The number of benzene rings is 4. The van der Waals surface area contributed by atoms with Gasteiger partial charge in [0.15, 0.2) is 0 Å². The summed E-state index contributed by atoms with van der Waals surface area (Å²) in [6.45, 7) is 4.14. The quantitative estimate of drug-likeness (QED) is 0.275. The second-order valence-electron chi connectivity index (χ2n) is 8.96. The Hall–Kier alpha value is -4.35. The van der Waals surface area contributed by atoms with Gasteiger partial charge in [0, 0.05) is 22.2 Å². The van der Waals surface area contributed by atoms with Gasteiger partial charge >= 0.3 is 0 Å². The molecule has 0 bridgehead atoms. The summed E-state index contributed by atoms with van der Waals surface area (Å²) in [6, 6.07) is 32.0. The summed E-state index contributed by atoms with van der Waals surface area (Å²) in [7, 11) is 0. The molecule has 1 N–H and O–H groups in total. The molecule has 0 aliphatic heterocycles. The maximum absolute atomic E-state index is 13.4. The molecule has 5 heteroatoms. The highest BCUT2D eigenvalue weighted by Gasteiger charge is 2.15. The largest absolute Gasteiger partial charge is 0.322 e. The second-order valence-corrected chi connectivity index (χ2v) is 9.99. The zero-order valence-corrected chi connectivity index (χ0v) is 20.8. The number of aryl methyl sites for hydroxylation is 2. The van der Waals surface area contributed by atoms with E-state index < -0.39 is 0 Å². The van der Waals surface area contributed by atoms with Crippen molar-refractivity contribution in [3.05, 3.63) is 114 Å². The van der Waals surface area contributed by atoms with Crippen LogP contribution < -0.4 is 5.32 Å². The maximum Gasteiger partial charge on any atom is 0.256 e. The minimum Gasteiger partial charge on any atom is -0.322 e. The smallest absolute Gasteiger partial charge is 0.256 e. The number of amides is 1. The molecule has 0 aliphatic carbocycles. The van der Waals surface area contributed by atoms with E-state index in [9.17, 15) is 4.79 Å². The van der Waals surface area contributed by atoms with E-state index in [0.29, 0.717) is 5.56 Å². The molecule has 0 unspecified atom stereocenters. The van der Waals surface area contributed by atoms with E-state index in [4.69, 9.17) is 9.97 Å². The molecule has 0 fully saturated rings. The van der Waals surface area contributed by atoms with Gasteiger partial charge in [-0.2, -0.15) is 0 Å². The molecule has 0 spiro atoms. The Labute approximate surface area is 213 Å². The van der Waals surface area contributed by atoms with E-state index in [1.807, 2.05) is 66.7 Å². The molecule has 2 aromatic heterocycles. The number of hydrogen-bond donors (Lipinski definition) is 1. The van der Waals surface area contributed by atoms with E-state index in [1.165, 1.54) is 15.8 Å². The van der Waals surface area contributed by atoms with Crippen molar-refractivity contribution in [3.63, 3.8) is 0 Å². The topological polar surface area (TPSA) is 54.9 Å². The SMILES string of the molecule is Cc1ccc(-c2cc(C(=O)Nc3ccc(-c4nc5ccc(C)cc5s4)cc3)c3ccccc3n2)cc1. The van der Waals surface area contributed by atoms with Crippen LogP contribution in [-0.4, -0.2) is 15.9 Å². The van der Waals surface area contributed by atoms with Gasteiger partial charge < -0.3 is 5.32 Å². The van der Waals surface area contributed by atoms with E-state index in [2.05, 4.69) is 49.5 Å². The van der Waals surface area contributed by atoms with Crippen molar-refractivity contribution in [3.8, 4) is 21.8 Å². The van der Waals surface area contributed by atoms with Crippen LogP contribution in [0.4, 0.5) is 5.69 Å². The lowest BCUT2D eigenvalue weighted by molar-refractivity contribution is 0.102. The van der Waals surface area contributed by atoms with Gasteiger partial charge in [0.05, 0.1) is 27.0 Å². The Balaban J connectivity index is 1.30. The van der Waals surface area contributed by atoms with Crippen molar-refractivity contribution >= 4 is 44.1 Å². The number of carbonyl (C=O) groups is 1. The average Bonchev–Trinajstić information content (AvgIpc) is 3.32. The van der Waals surface area contributed by atoms with Crippen LogP contribution in [0.25, 0.3) is 42.9 Å². The minimum absolute atomic E-state index is 0.162. The minimum atomic E-state index is -0.162. The third kappa shape index (κ3) is 4.25. The fourth-order valence-electron chi connectivity index (χ4n) is 4.29. The lowest BCUT2D eigenvalue weighted by atomic mass is 10.0. The first-order valence-corrected chi connectivity index (χ1v) is 12.6. The molecular formula is C31H23N3OS. The van der Waals surface area contributed by atoms with Crippen LogP contribution in [0.15, 0.2) is 97.1 Å². The first-order chi connectivity index (χ1) is 17.5. The monoisotopic (exact) mass is 485 g/mol. The molecule has 1 amide bonds. The number of thiazole rings is 1. The Morgan fingerprint density at radius 3 is 2.25 bits per heavy atom. The zero-order valence-electron chi connectivity index (χ0n) is 19.9. The van der Waals surface area contributed by atoms with Crippen LogP contribution in [0.1, 0.15) is 21.5 Å². The molecule has 4 nitrogen and oxygen atoms in total. The standard InChI is InChI=1S/C31H23N3OS/c1-19-7-10-21(11-8-19)28-18-25(24-5-3-4-6-26(24)33-28)30(35)32-23-14-12-22(13-15-23)31-34-27-16-9-20(2)17-29(27)36-31/h3-18H,1-2H3,(H,32,35). The molecular weight excluding hydrogens is 462 g/mol. The highest BCUT2D eigenvalue weighted by atomic mass is 32.1. The molecule has 6 rings (SSSR count). The van der Waals surface area contributed by atoms with Gasteiger partial charge in [-0.15, -0.1) is 11.3 Å². The third-order valence-corrected chi connectivity index (χ3v) is 7.31. The summed E-state index contributed by atoms with van der Waals surface area (Å²) < 4.78 is 1.18. The molecule has 36 heavy (non-hydrogen) atoms. The van der Waals surface area contributed by atoms with Crippen molar-refractivity contribution in [1.29, 1.82) is 0 Å². The number of nitrogens with zero attached hydrogens (tertiary/aromatic N) is 2. The zero-order chi connectivity index (χ0) is 24.6. The molecule has 0 saturated carbocycles. The number of pyridine rings is 1. The molecule has 6 aromatic rings. The van der Waals surface area contributed by atoms with Crippen molar-refractivity contribution in [2.24, 2.45) is 0 Å². The fraction of sp³-hybridized carbons (Fsp3) is 0.0645. The number of fused-ring (bicyclic) bond motifs is 2. The van der Waals surface area contributed by atoms with Gasteiger partial charge in [0.25, 0.3) is 5.91 Å². The van der Waals surface area contributed by atoms with Crippen LogP contribution >= 0.6 is 11.3 Å². The number of para-hydroxylation sites is 1. The van der Waals surface area contributed by atoms with Crippen molar-refractivity contribution in [2.45, 2.75) is 13.8 Å². The van der Waals surface area contributed by atoms with Gasteiger partial charge in [-0.1, -0.05) is 54.1 Å². The van der Waals surface area contributed by atoms with E-state index in [0.717, 1.165) is 43.9 Å². The van der Waals surface area contributed by atoms with Gasteiger partial charge in [0.2, 0.25) is 0 Å². The Morgan fingerprint density at radius 1 is 0.722 bits per heavy atom. The number of nitrogens with one attached hydrogen (secondary N) is 1. The van der Waals surface area contributed by atoms with Crippen LogP contribution in [0.3, 0.4) is 0 Å². The summed E-state index contributed by atoms with van der Waals surface area (Å²) >= 11 is 1.68. The first-order valence-electron chi connectivity index (χ1n) is 11.8. The molecule has 2 heterocycles. The number of carbonyl (C=O) groups excluding carboxylic acids is 1. The summed E-state index contributed by atoms with van der Waals surface area (Å²) in [5.41, 5.74) is 8.33. The van der Waals surface area contributed by atoms with E-state index in [-0.39, 0.29) is 5.91 Å². The predicted molar refractivity (Wildman–Crippen MR) is 150 cm³/mol. The Kier molecular flexibility index (Phi) is 5.55. The Morgan fingerprint density at radius 2 is 1.44 bits per heavy atom. The highest BCUT2D eigenvalue weighted by Crippen LogP contribution is 2.32. The lowest BCUT2D eigenvalue weighted by Crippen LogP contribution is -2.13. The molecule has 0 atom stereocenters. The fourth-order valence-corrected chi connectivity index (χ4v) is 5.35. The second kappa shape index (κ2) is 9.02. The maximum atomic E-state index is 13.4. The molecule has 0 saturated heterocycles. The van der Waals surface area contributed by atoms with Crippen LogP contribution in [0.5, 0.6) is 0 Å². The summed E-state index contributed by atoms with van der Waals surface area (Å²) in [4.78, 5) is 23.0. The number of hydrogen-bond acceptors (Lipinski definition) is 4. The number of rotatable bonds is 4. The highest BCUT2D eigenvalue weighted by molar-refractivity contribution is 7.21. The van der Waals surface area contributed by atoms with Crippen molar-refractivity contribution in [2.75, 3.05) is 5.32 Å². The third-order valence-electron chi connectivity index (χ3n) is 6.24. The Bertz CT molecular complexity index is 1730. The summed E-state index contributed by atoms with van der Waals surface area (Å²) in [5, 5.41) is 4.86. The number of anilines is 1. The normalized spacial score (nSPS) is 11.2. The number of aromatic nitrogens is 2. The first kappa shape index (κ1) is 22.1.